The first-order chi connectivity index (χ1) is 8.85. The molecule has 1 aliphatic rings. The van der Waals surface area contributed by atoms with Crippen molar-refractivity contribution >= 4 is 0 Å². The van der Waals surface area contributed by atoms with E-state index in [-0.39, 0.29) is 0 Å². The molecule has 0 saturated carbocycles. The quantitative estimate of drug-likeness (QED) is 0.843. The Kier molecular flexibility index (Phi) is 5.17. The Labute approximate surface area is 110 Å². The van der Waals surface area contributed by atoms with Crippen LogP contribution in [0.1, 0.15) is 75.9 Å². The van der Waals surface area contributed by atoms with Gasteiger partial charge in [0.2, 0.25) is 5.89 Å². The number of aromatic nitrogens is 2. The number of nitrogens with zero attached hydrogens (tertiary/aromatic N) is 2. The number of piperidine rings is 1. The molecular weight excluding hydrogens is 226 g/mol. The molecule has 1 aromatic heterocycles. The lowest BCUT2D eigenvalue weighted by Gasteiger charge is -2.18. The predicted octanol–water partition coefficient (Wildman–Crippen LogP) is 3.22. The van der Waals surface area contributed by atoms with Gasteiger partial charge in [0, 0.05) is 12.5 Å². The molecule has 0 aliphatic carbocycles. The third-order valence-corrected chi connectivity index (χ3v) is 3.87. The lowest BCUT2D eigenvalue weighted by molar-refractivity contribution is 0.318. The Morgan fingerprint density at radius 2 is 2.33 bits per heavy atom. The lowest BCUT2D eigenvalue weighted by atomic mass is 9.98. The van der Waals surface area contributed by atoms with Crippen molar-refractivity contribution < 1.29 is 4.52 Å². The molecule has 0 bridgehead atoms. The van der Waals surface area contributed by atoms with E-state index in [0.29, 0.717) is 11.8 Å². The normalized spacial score (nSPS) is 22.0. The monoisotopic (exact) mass is 251 g/mol. The summed E-state index contributed by atoms with van der Waals surface area (Å²) in [6, 6.07) is 0. The molecule has 0 radical (unpaired) electrons. The lowest BCUT2D eigenvalue weighted by Crippen LogP contribution is -2.28. The minimum atomic E-state index is 0.420. The van der Waals surface area contributed by atoms with Gasteiger partial charge in [-0.1, -0.05) is 31.8 Å². The van der Waals surface area contributed by atoms with E-state index in [2.05, 4.69) is 29.3 Å². The Bertz CT molecular complexity index is 345. The molecule has 0 spiro atoms. The van der Waals surface area contributed by atoms with Crippen molar-refractivity contribution in [1.82, 2.24) is 15.5 Å². The molecule has 1 aromatic rings. The third kappa shape index (κ3) is 3.31. The van der Waals surface area contributed by atoms with Crippen LogP contribution in [0.15, 0.2) is 4.52 Å². The van der Waals surface area contributed by atoms with Gasteiger partial charge in [-0.2, -0.15) is 4.98 Å². The van der Waals surface area contributed by atoms with Gasteiger partial charge in [-0.05, 0) is 32.2 Å². The molecule has 4 heteroatoms. The second-order valence-corrected chi connectivity index (χ2v) is 5.28. The maximum absolute atomic E-state index is 5.47. The molecular formula is C14H25N3O. The van der Waals surface area contributed by atoms with Crippen molar-refractivity contribution in [3.63, 3.8) is 0 Å². The molecule has 1 aliphatic heterocycles. The third-order valence-electron chi connectivity index (χ3n) is 3.87. The van der Waals surface area contributed by atoms with Gasteiger partial charge >= 0.3 is 0 Å². The highest BCUT2D eigenvalue weighted by atomic mass is 16.5. The van der Waals surface area contributed by atoms with E-state index in [9.17, 15) is 0 Å². The van der Waals surface area contributed by atoms with E-state index in [4.69, 9.17) is 4.52 Å². The van der Waals surface area contributed by atoms with Crippen LogP contribution in [0, 0.1) is 0 Å². The van der Waals surface area contributed by atoms with Crippen LogP contribution in [-0.4, -0.2) is 23.2 Å². The summed E-state index contributed by atoms with van der Waals surface area (Å²) in [6.45, 7) is 6.53. The van der Waals surface area contributed by atoms with E-state index in [1.54, 1.807) is 0 Å². The van der Waals surface area contributed by atoms with Gasteiger partial charge in [-0.3, -0.25) is 0 Å². The number of rotatable bonds is 6. The summed E-state index contributed by atoms with van der Waals surface area (Å²) in [5.74, 6) is 2.65. The van der Waals surface area contributed by atoms with Gasteiger partial charge in [0.1, 0.15) is 0 Å². The molecule has 2 unspecified atom stereocenters. The molecule has 0 aromatic carbocycles. The summed E-state index contributed by atoms with van der Waals surface area (Å²) in [5.41, 5.74) is 0. The molecule has 1 N–H and O–H groups in total. The zero-order valence-electron chi connectivity index (χ0n) is 11.6. The molecule has 4 nitrogen and oxygen atoms in total. The van der Waals surface area contributed by atoms with Crippen LogP contribution in [-0.2, 0) is 0 Å². The predicted molar refractivity (Wildman–Crippen MR) is 71.7 cm³/mol. The summed E-state index contributed by atoms with van der Waals surface area (Å²) >= 11 is 0. The SMILES string of the molecule is CCCCC(CC)c1noc(C2CCCNC2)n1. The van der Waals surface area contributed by atoms with Crippen molar-refractivity contribution in [3.8, 4) is 0 Å². The first kappa shape index (κ1) is 13.5. The van der Waals surface area contributed by atoms with Gasteiger partial charge in [0.15, 0.2) is 5.82 Å². The fourth-order valence-corrected chi connectivity index (χ4v) is 2.61. The Morgan fingerprint density at radius 3 is 3.00 bits per heavy atom. The average molecular weight is 251 g/mol. The topological polar surface area (TPSA) is 51.0 Å². The summed E-state index contributed by atoms with van der Waals surface area (Å²) in [7, 11) is 0. The van der Waals surface area contributed by atoms with E-state index in [0.717, 1.165) is 31.2 Å². The average Bonchev–Trinajstić information content (AvgIpc) is 2.90. The van der Waals surface area contributed by atoms with Crippen LogP contribution in [0.4, 0.5) is 0 Å². The van der Waals surface area contributed by atoms with E-state index in [1.165, 1.54) is 32.1 Å². The maximum atomic E-state index is 5.47. The molecule has 18 heavy (non-hydrogen) atoms. The van der Waals surface area contributed by atoms with Crippen molar-refractivity contribution in [2.24, 2.45) is 0 Å². The summed E-state index contributed by atoms with van der Waals surface area (Å²) in [6.07, 6.45) is 7.12. The second-order valence-electron chi connectivity index (χ2n) is 5.28. The number of hydrogen-bond donors (Lipinski definition) is 1. The van der Waals surface area contributed by atoms with Crippen molar-refractivity contribution in [2.75, 3.05) is 13.1 Å². The van der Waals surface area contributed by atoms with Crippen LogP contribution in [0.2, 0.25) is 0 Å². The molecule has 2 atom stereocenters. The molecule has 1 saturated heterocycles. The van der Waals surface area contributed by atoms with Crippen molar-refractivity contribution in [3.05, 3.63) is 11.7 Å². The smallest absolute Gasteiger partial charge is 0.231 e. The first-order valence-electron chi connectivity index (χ1n) is 7.39. The number of nitrogens with one attached hydrogen (secondary N) is 1. The van der Waals surface area contributed by atoms with Crippen LogP contribution >= 0.6 is 0 Å². The van der Waals surface area contributed by atoms with E-state index < -0.39 is 0 Å². The van der Waals surface area contributed by atoms with Crippen LogP contribution in [0.3, 0.4) is 0 Å². The van der Waals surface area contributed by atoms with Gasteiger partial charge in [-0.15, -0.1) is 0 Å². The molecule has 2 heterocycles. The van der Waals surface area contributed by atoms with Gasteiger partial charge in [0.25, 0.3) is 0 Å². The fraction of sp³-hybridized carbons (Fsp3) is 0.857. The van der Waals surface area contributed by atoms with Crippen LogP contribution in [0.25, 0.3) is 0 Å². The highest BCUT2D eigenvalue weighted by Crippen LogP contribution is 2.26. The fourth-order valence-electron chi connectivity index (χ4n) is 2.61. The first-order valence-corrected chi connectivity index (χ1v) is 7.39. The standard InChI is InChI=1S/C14H25N3O/c1-3-5-7-11(4-2)13-16-14(18-17-13)12-8-6-9-15-10-12/h11-12,15H,3-10H2,1-2H3. The highest BCUT2D eigenvalue weighted by molar-refractivity contribution is 5.00. The van der Waals surface area contributed by atoms with Crippen molar-refractivity contribution in [2.45, 2.75) is 64.2 Å². The molecule has 2 rings (SSSR count). The number of hydrogen-bond acceptors (Lipinski definition) is 4. The van der Waals surface area contributed by atoms with Crippen molar-refractivity contribution in [1.29, 1.82) is 0 Å². The largest absolute Gasteiger partial charge is 0.339 e. The Hall–Kier alpha value is -0.900. The van der Waals surface area contributed by atoms with E-state index >= 15 is 0 Å². The molecule has 0 amide bonds. The zero-order chi connectivity index (χ0) is 12.8. The minimum absolute atomic E-state index is 0.420. The summed E-state index contributed by atoms with van der Waals surface area (Å²) in [4.78, 5) is 4.64. The second kappa shape index (κ2) is 6.88. The Balaban J connectivity index is 1.98. The summed E-state index contributed by atoms with van der Waals surface area (Å²) in [5, 5.41) is 7.59. The molecule has 1 fully saturated rings. The Morgan fingerprint density at radius 1 is 1.44 bits per heavy atom. The zero-order valence-corrected chi connectivity index (χ0v) is 11.6. The van der Waals surface area contributed by atoms with Crippen LogP contribution in [0.5, 0.6) is 0 Å². The van der Waals surface area contributed by atoms with Gasteiger partial charge in [-0.25, -0.2) is 0 Å². The van der Waals surface area contributed by atoms with Crippen LogP contribution < -0.4 is 5.32 Å². The minimum Gasteiger partial charge on any atom is -0.339 e. The summed E-state index contributed by atoms with van der Waals surface area (Å²) < 4.78 is 5.47. The maximum Gasteiger partial charge on any atom is 0.231 e. The van der Waals surface area contributed by atoms with E-state index in [1.807, 2.05) is 0 Å². The van der Waals surface area contributed by atoms with Gasteiger partial charge in [0.05, 0.1) is 5.92 Å². The molecule has 102 valence electrons. The highest BCUT2D eigenvalue weighted by Gasteiger charge is 2.23. The van der Waals surface area contributed by atoms with Gasteiger partial charge < -0.3 is 9.84 Å². The number of unbranched alkanes of at least 4 members (excludes halogenated alkanes) is 1.